The maximum atomic E-state index is 11.8. The summed E-state index contributed by atoms with van der Waals surface area (Å²) >= 11 is 5.79. The van der Waals surface area contributed by atoms with E-state index in [-0.39, 0.29) is 18.1 Å². The zero-order valence-electron chi connectivity index (χ0n) is 13.7. The molecule has 0 fully saturated rings. The van der Waals surface area contributed by atoms with E-state index in [4.69, 9.17) is 22.1 Å². The number of halogens is 1. The van der Waals surface area contributed by atoms with Crippen LogP contribution in [0.15, 0.2) is 18.2 Å². The van der Waals surface area contributed by atoms with Crippen LogP contribution in [0.1, 0.15) is 49.9 Å². The summed E-state index contributed by atoms with van der Waals surface area (Å²) in [6.45, 7) is 4.57. The van der Waals surface area contributed by atoms with Gasteiger partial charge in [0.25, 0.3) is 5.91 Å². The normalized spacial score (nSPS) is 11.8. The number of amides is 1. The van der Waals surface area contributed by atoms with Crippen molar-refractivity contribution < 1.29 is 14.3 Å². The third-order valence-corrected chi connectivity index (χ3v) is 4.04. The van der Waals surface area contributed by atoms with Crippen LogP contribution in [0.25, 0.3) is 0 Å². The number of anilines is 1. The van der Waals surface area contributed by atoms with Gasteiger partial charge in [0.05, 0.1) is 16.3 Å². The number of nitrogens with two attached hydrogens (primary N) is 1. The number of carbonyl (C=O) groups excluding carboxylic acids is 2. The Morgan fingerprint density at radius 3 is 2.70 bits per heavy atom. The highest BCUT2D eigenvalue weighted by Gasteiger charge is 2.13. The molecule has 1 rings (SSSR count). The van der Waals surface area contributed by atoms with Crippen LogP contribution in [0, 0.1) is 5.92 Å². The zero-order valence-corrected chi connectivity index (χ0v) is 14.5. The van der Waals surface area contributed by atoms with Crippen molar-refractivity contribution in [3.63, 3.8) is 0 Å². The Morgan fingerprint density at radius 2 is 2.09 bits per heavy atom. The van der Waals surface area contributed by atoms with Crippen molar-refractivity contribution in [3.8, 4) is 0 Å². The van der Waals surface area contributed by atoms with Crippen molar-refractivity contribution in [1.29, 1.82) is 0 Å². The summed E-state index contributed by atoms with van der Waals surface area (Å²) in [6, 6.07) is 4.46. The van der Waals surface area contributed by atoms with Gasteiger partial charge < -0.3 is 15.8 Å². The second-order valence-corrected chi connectivity index (χ2v) is 5.94. The maximum Gasteiger partial charge on any atom is 0.338 e. The summed E-state index contributed by atoms with van der Waals surface area (Å²) in [5.41, 5.74) is 6.20. The van der Waals surface area contributed by atoms with Gasteiger partial charge in [0, 0.05) is 6.54 Å². The Bertz CT molecular complexity index is 535. The maximum absolute atomic E-state index is 11.8. The van der Waals surface area contributed by atoms with Crippen LogP contribution in [-0.2, 0) is 9.53 Å². The lowest BCUT2D eigenvalue weighted by Gasteiger charge is -2.15. The van der Waals surface area contributed by atoms with Crippen LogP contribution in [0.4, 0.5) is 5.69 Å². The van der Waals surface area contributed by atoms with E-state index in [1.165, 1.54) is 18.2 Å². The molecular formula is C17H25ClN2O3. The Hall–Kier alpha value is -1.75. The van der Waals surface area contributed by atoms with Gasteiger partial charge in [0.1, 0.15) is 0 Å². The first kappa shape index (κ1) is 19.3. The summed E-state index contributed by atoms with van der Waals surface area (Å²) in [5.74, 6) is -0.428. The quantitative estimate of drug-likeness (QED) is 0.533. The highest BCUT2D eigenvalue weighted by Crippen LogP contribution is 2.19. The van der Waals surface area contributed by atoms with Crippen LogP contribution in [-0.4, -0.2) is 25.0 Å². The fourth-order valence-electron chi connectivity index (χ4n) is 2.14. The minimum absolute atomic E-state index is 0.272. The standard InChI is InChI=1S/C17H25ClN2O3/c1-3-5-6-12(4-2)10-20-16(21)11-23-17(22)13-7-8-14(18)15(19)9-13/h7-9,12H,3-6,10-11,19H2,1-2H3,(H,20,21)/t12-/m1/s1. The number of carbonyl (C=O) groups is 2. The molecule has 1 aromatic rings. The lowest BCUT2D eigenvalue weighted by molar-refractivity contribution is -0.124. The van der Waals surface area contributed by atoms with Crippen molar-refractivity contribution in [2.24, 2.45) is 5.92 Å². The summed E-state index contributed by atoms with van der Waals surface area (Å²) in [4.78, 5) is 23.6. The van der Waals surface area contributed by atoms with E-state index >= 15 is 0 Å². The number of hydrogen-bond donors (Lipinski definition) is 2. The summed E-state index contributed by atoms with van der Waals surface area (Å²) in [6.07, 6.45) is 4.41. The first-order valence-electron chi connectivity index (χ1n) is 7.96. The number of esters is 1. The molecular weight excluding hydrogens is 316 g/mol. The van der Waals surface area contributed by atoms with Crippen molar-refractivity contribution in [2.75, 3.05) is 18.9 Å². The van der Waals surface area contributed by atoms with Crippen molar-refractivity contribution >= 4 is 29.2 Å². The zero-order chi connectivity index (χ0) is 17.2. The fourth-order valence-corrected chi connectivity index (χ4v) is 2.26. The third-order valence-electron chi connectivity index (χ3n) is 3.70. The molecule has 0 radical (unpaired) electrons. The van der Waals surface area contributed by atoms with E-state index in [9.17, 15) is 9.59 Å². The fraction of sp³-hybridized carbons (Fsp3) is 0.529. The highest BCUT2D eigenvalue weighted by molar-refractivity contribution is 6.33. The van der Waals surface area contributed by atoms with Gasteiger partial charge >= 0.3 is 5.97 Å². The van der Waals surface area contributed by atoms with Gasteiger partial charge in [-0.05, 0) is 30.5 Å². The molecule has 0 bridgehead atoms. The molecule has 0 aliphatic rings. The lowest BCUT2D eigenvalue weighted by Crippen LogP contribution is -2.32. The molecule has 0 unspecified atom stereocenters. The van der Waals surface area contributed by atoms with Gasteiger partial charge in [-0.1, -0.05) is 44.7 Å². The summed E-state index contributed by atoms with van der Waals surface area (Å²) in [7, 11) is 0. The number of nitrogens with one attached hydrogen (secondary N) is 1. The first-order chi connectivity index (χ1) is 11.0. The molecule has 1 amide bonds. The van der Waals surface area contributed by atoms with Gasteiger partial charge in [-0.2, -0.15) is 0 Å². The minimum Gasteiger partial charge on any atom is -0.452 e. The molecule has 0 heterocycles. The Labute approximate surface area is 142 Å². The molecule has 0 aromatic heterocycles. The number of ether oxygens (including phenoxy) is 1. The number of nitrogen functional groups attached to an aromatic ring is 1. The number of rotatable bonds is 9. The minimum atomic E-state index is -0.596. The van der Waals surface area contributed by atoms with E-state index in [1.807, 2.05) is 0 Å². The second kappa shape index (κ2) is 10.1. The largest absolute Gasteiger partial charge is 0.452 e. The van der Waals surface area contributed by atoms with Crippen LogP contribution >= 0.6 is 11.6 Å². The molecule has 0 saturated carbocycles. The molecule has 6 heteroatoms. The summed E-state index contributed by atoms with van der Waals surface area (Å²) in [5, 5.41) is 3.18. The molecule has 5 nitrogen and oxygen atoms in total. The molecule has 1 atom stereocenters. The highest BCUT2D eigenvalue weighted by atomic mass is 35.5. The van der Waals surface area contributed by atoms with Crippen molar-refractivity contribution in [2.45, 2.75) is 39.5 Å². The number of benzene rings is 1. The van der Waals surface area contributed by atoms with Crippen LogP contribution in [0.5, 0.6) is 0 Å². The predicted octanol–water partition coefficient (Wildman–Crippen LogP) is 3.41. The molecule has 23 heavy (non-hydrogen) atoms. The van der Waals surface area contributed by atoms with Crippen LogP contribution in [0.2, 0.25) is 5.02 Å². The number of hydrogen-bond acceptors (Lipinski definition) is 4. The van der Waals surface area contributed by atoms with Crippen LogP contribution in [0.3, 0.4) is 0 Å². The molecule has 0 saturated heterocycles. The van der Waals surface area contributed by atoms with Gasteiger partial charge in [-0.15, -0.1) is 0 Å². The molecule has 0 aliphatic carbocycles. The van der Waals surface area contributed by atoms with Gasteiger partial charge in [0.2, 0.25) is 0 Å². The Kier molecular flexibility index (Phi) is 8.48. The van der Waals surface area contributed by atoms with E-state index in [1.54, 1.807) is 0 Å². The van der Waals surface area contributed by atoms with Crippen molar-refractivity contribution in [1.82, 2.24) is 5.32 Å². The SMILES string of the molecule is CCCC[C@@H](CC)CNC(=O)COC(=O)c1ccc(Cl)c(N)c1. The smallest absolute Gasteiger partial charge is 0.338 e. The average molecular weight is 341 g/mol. The summed E-state index contributed by atoms with van der Waals surface area (Å²) < 4.78 is 4.98. The predicted molar refractivity (Wildman–Crippen MR) is 92.5 cm³/mol. The van der Waals surface area contributed by atoms with E-state index in [2.05, 4.69) is 19.2 Å². The first-order valence-corrected chi connectivity index (χ1v) is 8.34. The second-order valence-electron chi connectivity index (χ2n) is 5.53. The molecule has 3 N–H and O–H groups in total. The topological polar surface area (TPSA) is 81.4 Å². The van der Waals surface area contributed by atoms with Gasteiger partial charge in [-0.25, -0.2) is 4.79 Å². The van der Waals surface area contributed by atoms with Crippen molar-refractivity contribution in [3.05, 3.63) is 28.8 Å². The third kappa shape index (κ3) is 6.91. The van der Waals surface area contributed by atoms with E-state index < -0.39 is 5.97 Å². The molecule has 1 aromatic carbocycles. The van der Waals surface area contributed by atoms with Crippen LogP contribution < -0.4 is 11.1 Å². The lowest BCUT2D eigenvalue weighted by atomic mass is 9.99. The molecule has 0 spiro atoms. The van der Waals surface area contributed by atoms with Gasteiger partial charge in [-0.3, -0.25) is 4.79 Å². The van der Waals surface area contributed by atoms with E-state index in [0.717, 1.165) is 25.7 Å². The number of unbranched alkanes of at least 4 members (excludes halogenated alkanes) is 1. The monoisotopic (exact) mass is 340 g/mol. The Balaban J connectivity index is 2.37. The Morgan fingerprint density at radius 1 is 1.35 bits per heavy atom. The molecule has 128 valence electrons. The van der Waals surface area contributed by atoms with Gasteiger partial charge in [0.15, 0.2) is 6.61 Å². The average Bonchev–Trinajstić information content (AvgIpc) is 2.55. The van der Waals surface area contributed by atoms with E-state index in [0.29, 0.717) is 23.2 Å². The molecule has 0 aliphatic heterocycles.